The molecule has 4 fully saturated rings. The molecule has 5 aliphatic rings. The zero-order valence-corrected chi connectivity index (χ0v) is 23.6. The summed E-state index contributed by atoms with van der Waals surface area (Å²) in [6, 6.07) is 0. The molecule has 0 aromatic heterocycles. The lowest BCUT2D eigenvalue weighted by Gasteiger charge is -2.71. The molecule has 0 aromatic carbocycles. The van der Waals surface area contributed by atoms with Crippen molar-refractivity contribution >= 4 is 11.8 Å². The SMILES string of the molecule is COC(=O)[C@]12CC[C@@](C)(CO)[C@@H](O)[C@H]1C1=CC[C@@H]3[C@@]4(C)CCC(=O)C(C)(C)[C@H]4CC[C@@]3(C)[C@]1(C)CC2. The van der Waals surface area contributed by atoms with E-state index in [9.17, 15) is 19.8 Å². The minimum atomic E-state index is -0.792. The van der Waals surface area contributed by atoms with Crippen LogP contribution in [0.3, 0.4) is 0 Å². The Morgan fingerprint density at radius 3 is 2.31 bits per heavy atom. The van der Waals surface area contributed by atoms with Crippen molar-refractivity contribution in [2.75, 3.05) is 13.7 Å². The average molecular weight is 501 g/mol. The van der Waals surface area contributed by atoms with Gasteiger partial charge < -0.3 is 14.9 Å². The van der Waals surface area contributed by atoms with Gasteiger partial charge in [0.2, 0.25) is 0 Å². The van der Waals surface area contributed by atoms with Crippen molar-refractivity contribution < 1.29 is 24.5 Å². The molecule has 0 amide bonds. The Labute approximate surface area is 217 Å². The van der Waals surface area contributed by atoms with Crippen molar-refractivity contribution in [1.82, 2.24) is 0 Å². The molecule has 0 unspecified atom stereocenters. The van der Waals surface area contributed by atoms with E-state index in [1.54, 1.807) is 0 Å². The molecular formula is C31H48O5. The highest BCUT2D eigenvalue weighted by molar-refractivity contribution is 5.85. The molecule has 5 nitrogen and oxygen atoms in total. The number of allylic oxidation sites excluding steroid dienone is 1. The van der Waals surface area contributed by atoms with Crippen molar-refractivity contribution in [3.63, 3.8) is 0 Å². The van der Waals surface area contributed by atoms with Crippen LogP contribution in [-0.4, -0.2) is 41.8 Å². The standard InChI is InChI=1S/C31H48O5/c1-26(2)20-10-13-30(6)21(28(20,4)12-11-22(26)33)9-8-19-23-24(34)27(3,18-32)14-16-31(23,25(35)36-7)17-15-29(19,30)5/h8,20-21,23-24,32,34H,9-18H2,1-7H3/t20-,21-,23-,24+,27+,28+,29-,30-,31+/m1/s1. The highest BCUT2D eigenvalue weighted by Crippen LogP contribution is 2.75. The molecule has 2 N–H and O–H groups in total. The van der Waals surface area contributed by atoms with Crippen LogP contribution < -0.4 is 0 Å². The first-order chi connectivity index (χ1) is 16.7. The molecule has 0 aromatic rings. The molecular weight excluding hydrogens is 452 g/mol. The number of esters is 1. The minimum absolute atomic E-state index is 0.0217. The molecule has 202 valence electrons. The molecule has 5 rings (SSSR count). The Hall–Kier alpha value is -1.20. The fourth-order valence-corrected chi connectivity index (χ4v) is 10.7. The monoisotopic (exact) mass is 500 g/mol. The van der Waals surface area contributed by atoms with Crippen molar-refractivity contribution in [3.05, 3.63) is 11.6 Å². The largest absolute Gasteiger partial charge is 0.469 e. The van der Waals surface area contributed by atoms with Gasteiger partial charge in [0.15, 0.2) is 0 Å². The number of carbonyl (C=O) groups excluding carboxylic acids is 2. The van der Waals surface area contributed by atoms with Gasteiger partial charge in [0.25, 0.3) is 0 Å². The number of carbonyl (C=O) groups is 2. The van der Waals surface area contributed by atoms with Crippen LogP contribution in [0.2, 0.25) is 0 Å². The molecule has 36 heavy (non-hydrogen) atoms. The summed E-state index contributed by atoms with van der Waals surface area (Å²) in [5.74, 6) is 0.729. The van der Waals surface area contributed by atoms with Gasteiger partial charge in [-0.2, -0.15) is 0 Å². The Balaban J connectivity index is 1.63. The van der Waals surface area contributed by atoms with E-state index in [0.29, 0.717) is 43.3 Å². The fraction of sp³-hybridized carbons (Fsp3) is 0.871. The normalized spacial score (nSPS) is 51.7. The first-order valence-corrected chi connectivity index (χ1v) is 14.3. The smallest absolute Gasteiger partial charge is 0.312 e. The molecule has 5 heteroatoms. The van der Waals surface area contributed by atoms with E-state index in [0.717, 1.165) is 32.1 Å². The minimum Gasteiger partial charge on any atom is -0.469 e. The predicted octanol–water partition coefficient (Wildman–Crippen LogP) is 5.47. The number of ether oxygens (including phenoxy) is 1. The molecule has 0 aliphatic heterocycles. The quantitative estimate of drug-likeness (QED) is 0.388. The highest BCUT2D eigenvalue weighted by atomic mass is 16.5. The van der Waals surface area contributed by atoms with E-state index < -0.39 is 16.9 Å². The average Bonchev–Trinajstić information content (AvgIpc) is 2.84. The summed E-state index contributed by atoms with van der Waals surface area (Å²) in [5.41, 5.74) is -0.433. The van der Waals surface area contributed by atoms with E-state index >= 15 is 0 Å². The summed E-state index contributed by atoms with van der Waals surface area (Å²) in [6.07, 6.45) is 9.13. The number of fused-ring (bicyclic) bond motifs is 7. The van der Waals surface area contributed by atoms with Gasteiger partial charge in [-0.05, 0) is 79.4 Å². The maximum Gasteiger partial charge on any atom is 0.312 e. The summed E-state index contributed by atoms with van der Waals surface area (Å²) in [6.45, 7) is 13.5. The van der Waals surface area contributed by atoms with Crippen LogP contribution in [0.25, 0.3) is 0 Å². The first kappa shape index (κ1) is 26.4. The Morgan fingerprint density at radius 2 is 1.67 bits per heavy atom. The maximum atomic E-state index is 13.4. The summed E-state index contributed by atoms with van der Waals surface area (Å²) in [4.78, 5) is 26.3. The zero-order chi connectivity index (χ0) is 26.5. The maximum absolute atomic E-state index is 13.4. The number of aliphatic hydroxyl groups is 2. The van der Waals surface area contributed by atoms with Gasteiger partial charge >= 0.3 is 5.97 Å². The van der Waals surface area contributed by atoms with Crippen molar-refractivity contribution in [3.8, 4) is 0 Å². The van der Waals surface area contributed by atoms with Crippen LogP contribution in [-0.2, 0) is 14.3 Å². The summed E-state index contributed by atoms with van der Waals surface area (Å²) >= 11 is 0. The molecule has 0 spiro atoms. The lowest BCUT2D eigenvalue weighted by atomic mass is 9.33. The number of ketones is 1. The van der Waals surface area contributed by atoms with Crippen LogP contribution in [0, 0.1) is 50.2 Å². The molecule has 5 aliphatic carbocycles. The van der Waals surface area contributed by atoms with Gasteiger partial charge in [0.05, 0.1) is 25.2 Å². The van der Waals surface area contributed by atoms with Gasteiger partial charge in [0, 0.05) is 23.2 Å². The summed E-state index contributed by atoms with van der Waals surface area (Å²) < 4.78 is 5.39. The van der Waals surface area contributed by atoms with E-state index in [4.69, 9.17) is 4.74 Å². The van der Waals surface area contributed by atoms with Crippen LogP contribution >= 0.6 is 0 Å². The molecule has 0 heterocycles. The van der Waals surface area contributed by atoms with Crippen LogP contribution in [0.5, 0.6) is 0 Å². The van der Waals surface area contributed by atoms with Crippen LogP contribution in [0.4, 0.5) is 0 Å². The Bertz CT molecular complexity index is 999. The Kier molecular flexibility index (Phi) is 5.80. The lowest BCUT2D eigenvalue weighted by Crippen LogP contribution is -2.66. The number of rotatable bonds is 2. The third kappa shape index (κ3) is 2.96. The third-order valence-corrected chi connectivity index (χ3v) is 13.4. The second kappa shape index (κ2) is 7.91. The summed E-state index contributed by atoms with van der Waals surface area (Å²) in [7, 11) is 1.47. The predicted molar refractivity (Wildman–Crippen MR) is 139 cm³/mol. The van der Waals surface area contributed by atoms with Crippen molar-refractivity contribution in [1.29, 1.82) is 0 Å². The number of methoxy groups -OCH3 is 1. The van der Waals surface area contributed by atoms with E-state index in [1.165, 1.54) is 12.7 Å². The highest BCUT2D eigenvalue weighted by Gasteiger charge is 2.71. The van der Waals surface area contributed by atoms with Crippen molar-refractivity contribution in [2.45, 2.75) is 105 Å². The van der Waals surface area contributed by atoms with Crippen LogP contribution in [0.15, 0.2) is 11.6 Å². The second-order valence-electron chi connectivity index (χ2n) is 14.8. The van der Waals surface area contributed by atoms with E-state index in [2.05, 4.69) is 40.7 Å². The first-order valence-electron chi connectivity index (χ1n) is 14.3. The van der Waals surface area contributed by atoms with E-state index in [1.807, 2.05) is 6.92 Å². The van der Waals surface area contributed by atoms with Gasteiger partial charge in [-0.15, -0.1) is 0 Å². The lowest BCUT2D eigenvalue weighted by molar-refractivity contribution is -0.204. The van der Waals surface area contributed by atoms with Gasteiger partial charge in [-0.1, -0.05) is 53.2 Å². The molecule has 9 atom stereocenters. The number of aliphatic hydroxyl groups excluding tert-OH is 2. The zero-order valence-electron chi connectivity index (χ0n) is 23.6. The van der Waals surface area contributed by atoms with Gasteiger partial charge in [-0.25, -0.2) is 0 Å². The number of hydrogen-bond acceptors (Lipinski definition) is 5. The Morgan fingerprint density at radius 1 is 1.00 bits per heavy atom. The fourth-order valence-electron chi connectivity index (χ4n) is 10.7. The van der Waals surface area contributed by atoms with Gasteiger partial charge in [0.1, 0.15) is 5.78 Å². The molecule has 4 saturated carbocycles. The number of Topliss-reactive ketones (excluding diaryl/α,β-unsaturated/α-hetero) is 1. The van der Waals surface area contributed by atoms with Crippen molar-refractivity contribution in [2.24, 2.45) is 50.2 Å². The summed E-state index contributed by atoms with van der Waals surface area (Å²) in [5, 5.41) is 22.2. The topological polar surface area (TPSA) is 83.8 Å². The third-order valence-electron chi connectivity index (χ3n) is 13.4. The van der Waals surface area contributed by atoms with E-state index in [-0.39, 0.29) is 40.2 Å². The van der Waals surface area contributed by atoms with Gasteiger partial charge in [-0.3, -0.25) is 9.59 Å². The van der Waals surface area contributed by atoms with Crippen LogP contribution in [0.1, 0.15) is 99.3 Å². The second-order valence-corrected chi connectivity index (χ2v) is 14.8. The molecule has 0 saturated heterocycles. The molecule has 0 bridgehead atoms. The number of hydrogen-bond donors (Lipinski definition) is 2. The molecule has 0 radical (unpaired) electrons.